The monoisotopic (exact) mass is 541 g/mol. The van der Waals surface area contributed by atoms with E-state index in [4.69, 9.17) is 4.74 Å². The highest BCUT2D eigenvalue weighted by Crippen LogP contribution is 2.27. The largest absolute Gasteiger partial charge is 0.457 e. The van der Waals surface area contributed by atoms with E-state index < -0.39 is 0 Å². The summed E-state index contributed by atoms with van der Waals surface area (Å²) in [6.07, 6.45) is 2.47. The molecular formula is C31H35N5O4. The molecule has 2 N–H and O–H groups in total. The van der Waals surface area contributed by atoms with Crippen molar-refractivity contribution in [3.05, 3.63) is 78.9 Å². The third kappa shape index (κ3) is 6.36. The molecule has 0 spiro atoms. The van der Waals surface area contributed by atoms with Crippen LogP contribution in [0.3, 0.4) is 0 Å². The number of hydrogen-bond donors (Lipinski definition) is 2. The number of amides is 4. The highest BCUT2D eigenvalue weighted by Gasteiger charge is 2.37. The lowest BCUT2D eigenvalue weighted by Gasteiger charge is -2.31. The fraction of sp³-hybridized carbons (Fsp3) is 0.323. The average molecular weight is 542 g/mol. The lowest BCUT2D eigenvalue weighted by Crippen LogP contribution is -2.49. The van der Waals surface area contributed by atoms with E-state index >= 15 is 0 Å². The molecule has 2 fully saturated rings. The molecule has 4 amide bonds. The lowest BCUT2D eigenvalue weighted by atomic mass is 10.1. The Morgan fingerprint density at radius 2 is 1.45 bits per heavy atom. The molecule has 9 nitrogen and oxygen atoms in total. The third-order valence-corrected chi connectivity index (χ3v) is 7.58. The van der Waals surface area contributed by atoms with Crippen molar-refractivity contribution in [3.8, 4) is 11.5 Å². The van der Waals surface area contributed by atoms with Gasteiger partial charge < -0.3 is 30.1 Å². The fourth-order valence-electron chi connectivity index (χ4n) is 5.39. The summed E-state index contributed by atoms with van der Waals surface area (Å²) >= 11 is 0. The van der Waals surface area contributed by atoms with Crippen LogP contribution in [0.2, 0.25) is 0 Å². The predicted molar refractivity (Wildman–Crippen MR) is 156 cm³/mol. The van der Waals surface area contributed by atoms with Crippen molar-refractivity contribution in [3.63, 3.8) is 0 Å². The zero-order valence-electron chi connectivity index (χ0n) is 22.9. The molecule has 0 bridgehead atoms. The van der Waals surface area contributed by atoms with Gasteiger partial charge in [-0.25, -0.2) is 4.79 Å². The van der Waals surface area contributed by atoms with Crippen molar-refractivity contribution in [2.24, 2.45) is 0 Å². The van der Waals surface area contributed by atoms with Gasteiger partial charge in [0, 0.05) is 50.7 Å². The van der Waals surface area contributed by atoms with Crippen LogP contribution in [0.15, 0.2) is 78.9 Å². The number of benzene rings is 3. The van der Waals surface area contributed by atoms with Crippen molar-refractivity contribution in [2.45, 2.75) is 38.3 Å². The Morgan fingerprint density at radius 1 is 0.825 bits per heavy atom. The van der Waals surface area contributed by atoms with Crippen LogP contribution >= 0.6 is 0 Å². The number of likely N-dealkylation sites (tertiary alicyclic amines) is 1. The molecule has 0 aliphatic carbocycles. The molecule has 2 atom stereocenters. The Morgan fingerprint density at radius 3 is 2.10 bits per heavy atom. The molecule has 1 unspecified atom stereocenters. The molecule has 3 aromatic rings. The van der Waals surface area contributed by atoms with Gasteiger partial charge in [0.25, 0.3) is 0 Å². The number of anilines is 3. The number of hydrogen-bond acceptors (Lipinski definition) is 5. The van der Waals surface area contributed by atoms with E-state index in [0.29, 0.717) is 23.7 Å². The number of rotatable bonds is 7. The summed E-state index contributed by atoms with van der Waals surface area (Å²) in [6.45, 7) is 3.75. The average Bonchev–Trinajstić information content (AvgIpc) is 3.65. The molecule has 2 saturated heterocycles. The third-order valence-electron chi connectivity index (χ3n) is 7.58. The van der Waals surface area contributed by atoms with Gasteiger partial charge in [-0.2, -0.15) is 0 Å². The number of nitrogens with one attached hydrogen (secondary N) is 2. The predicted octanol–water partition coefficient (Wildman–Crippen LogP) is 5.17. The first-order valence-corrected chi connectivity index (χ1v) is 13.7. The summed E-state index contributed by atoms with van der Waals surface area (Å²) in [5.41, 5.74) is 2.37. The van der Waals surface area contributed by atoms with Gasteiger partial charge in [-0.15, -0.1) is 0 Å². The summed E-state index contributed by atoms with van der Waals surface area (Å²) in [5.74, 6) is 1.43. The normalized spacial score (nSPS) is 18.4. The molecule has 5 rings (SSSR count). The molecule has 2 aliphatic rings. The second-order valence-corrected chi connectivity index (χ2v) is 10.3. The molecule has 2 heterocycles. The van der Waals surface area contributed by atoms with Gasteiger partial charge in [0.1, 0.15) is 17.5 Å². The number of likely N-dealkylation sites (N-methyl/N-ethyl adjacent to an activating group) is 1. The van der Waals surface area contributed by atoms with Crippen LogP contribution < -0.4 is 20.3 Å². The van der Waals surface area contributed by atoms with Crippen molar-refractivity contribution in [1.82, 2.24) is 9.80 Å². The van der Waals surface area contributed by atoms with Crippen molar-refractivity contribution >= 4 is 34.9 Å². The van der Waals surface area contributed by atoms with Crippen LogP contribution in [0.25, 0.3) is 0 Å². The zero-order chi connectivity index (χ0) is 28.1. The van der Waals surface area contributed by atoms with E-state index in [1.807, 2.05) is 66.5 Å². The number of nitrogens with zero attached hydrogens (tertiary/aromatic N) is 3. The minimum atomic E-state index is -0.339. The fourth-order valence-corrected chi connectivity index (χ4v) is 5.39. The molecule has 2 aliphatic heterocycles. The van der Waals surface area contributed by atoms with Crippen LogP contribution in [0.4, 0.5) is 21.9 Å². The van der Waals surface area contributed by atoms with E-state index in [1.165, 1.54) is 6.92 Å². The zero-order valence-corrected chi connectivity index (χ0v) is 22.9. The van der Waals surface area contributed by atoms with Gasteiger partial charge in [-0.05, 0) is 79.9 Å². The minimum Gasteiger partial charge on any atom is -0.457 e. The summed E-state index contributed by atoms with van der Waals surface area (Å²) in [7, 11) is 1.85. The van der Waals surface area contributed by atoms with E-state index in [-0.39, 0.29) is 29.9 Å². The molecule has 3 aromatic carbocycles. The Kier molecular flexibility index (Phi) is 8.19. The Hall–Kier alpha value is -4.53. The topological polar surface area (TPSA) is 94.2 Å². The molecule has 0 radical (unpaired) electrons. The van der Waals surface area contributed by atoms with E-state index in [1.54, 1.807) is 29.2 Å². The van der Waals surface area contributed by atoms with Crippen molar-refractivity contribution < 1.29 is 19.1 Å². The molecule has 208 valence electrons. The van der Waals surface area contributed by atoms with Gasteiger partial charge >= 0.3 is 6.03 Å². The summed E-state index contributed by atoms with van der Waals surface area (Å²) in [4.78, 5) is 43.3. The highest BCUT2D eigenvalue weighted by atomic mass is 16.5. The number of carbonyl (C=O) groups is 3. The quantitative estimate of drug-likeness (QED) is 0.430. The number of para-hydroxylation sites is 1. The molecule has 0 aromatic heterocycles. The van der Waals surface area contributed by atoms with E-state index in [9.17, 15) is 14.4 Å². The smallest absolute Gasteiger partial charge is 0.323 e. The molecular weight excluding hydrogens is 506 g/mol. The van der Waals surface area contributed by atoms with Crippen LogP contribution in [0, 0.1) is 0 Å². The molecule has 9 heteroatoms. The van der Waals surface area contributed by atoms with E-state index in [2.05, 4.69) is 15.5 Å². The van der Waals surface area contributed by atoms with Crippen LogP contribution in [-0.2, 0) is 9.59 Å². The van der Waals surface area contributed by atoms with E-state index in [0.717, 1.165) is 43.8 Å². The maximum atomic E-state index is 13.1. The minimum absolute atomic E-state index is 0.0310. The van der Waals surface area contributed by atoms with Crippen molar-refractivity contribution in [1.29, 1.82) is 0 Å². The second-order valence-electron chi connectivity index (χ2n) is 10.3. The van der Waals surface area contributed by atoms with Crippen LogP contribution in [-0.4, -0.2) is 66.4 Å². The second kappa shape index (κ2) is 12.1. The first-order valence-electron chi connectivity index (χ1n) is 13.7. The Labute approximate surface area is 234 Å². The summed E-state index contributed by atoms with van der Waals surface area (Å²) in [6, 6.07) is 23.8. The summed E-state index contributed by atoms with van der Waals surface area (Å²) in [5, 5.41) is 5.70. The van der Waals surface area contributed by atoms with Gasteiger partial charge in [0.2, 0.25) is 11.8 Å². The van der Waals surface area contributed by atoms with Gasteiger partial charge in [-0.1, -0.05) is 18.2 Å². The lowest BCUT2D eigenvalue weighted by molar-refractivity contribution is -0.143. The van der Waals surface area contributed by atoms with Gasteiger partial charge in [0.15, 0.2) is 0 Å². The summed E-state index contributed by atoms with van der Waals surface area (Å²) < 4.78 is 5.79. The first-order chi connectivity index (χ1) is 19.4. The Bertz CT molecular complexity index is 1330. The SMILES string of the molecule is CC(=O)N1CCC[C@H]1C(=O)N(C)C1CCN(c2ccc(NC(=O)Nc3ccc(Oc4ccccc4)cc3)cc2)C1. The van der Waals surface area contributed by atoms with Gasteiger partial charge in [0.05, 0.1) is 6.04 Å². The first kappa shape index (κ1) is 27.1. The number of urea groups is 1. The Balaban J connectivity index is 1.10. The molecule has 0 saturated carbocycles. The maximum absolute atomic E-state index is 13.1. The van der Waals surface area contributed by atoms with Gasteiger partial charge in [-0.3, -0.25) is 9.59 Å². The van der Waals surface area contributed by atoms with Crippen molar-refractivity contribution in [2.75, 3.05) is 42.2 Å². The van der Waals surface area contributed by atoms with Crippen LogP contribution in [0.5, 0.6) is 11.5 Å². The highest BCUT2D eigenvalue weighted by molar-refractivity contribution is 5.99. The standard InChI is InChI=1S/C31H35N5O4/c1-22(37)36-19-6-9-29(36)30(38)34(2)26-18-20-35(21-26)25-14-10-23(11-15-25)32-31(39)33-24-12-16-28(17-13-24)40-27-7-4-3-5-8-27/h3-5,7-8,10-17,26,29H,6,9,18-21H2,1-2H3,(H2,32,33,39)/t26?,29-/m0/s1. The number of ether oxygens (including phenoxy) is 1. The maximum Gasteiger partial charge on any atom is 0.323 e. The number of carbonyl (C=O) groups excluding carboxylic acids is 3. The van der Waals surface area contributed by atoms with Crippen LogP contribution in [0.1, 0.15) is 26.2 Å². The molecule has 40 heavy (non-hydrogen) atoms.